The van der Waals surface area contributed by atoms with Crippen LogP contribution in [0.15, 0.2) is 23.8 Å². The highest BCUT2D eigenvalue weighted by Crippen LogP contribution is 2.75. The summed E-state index contributed by atoms with van der Waals surface area (Å²) < 4.78 is 5.39. The van der Waals surface area contributed by atoms with Crippen LogP contribution >= 0.6 is 0 Å². The van der Waals surface area contributed by atoms with E-state index in [1.54, 1.807) is 13.0 Å². The van der Waals surface area contributed by atoms with Crippen LogP contribution < -0.4 is 0 Å². The Labute approximate surface area is 226 Å². The summed E-state index contributed by atoms with van der Waals surface area (Å²) in [5.74, 6) is -2.16. The topological polar surface area (TPSA) is 97.7 Å². The summed E-state index contributed by atoms with van der Waals surface area (Å²) in [6, 6.07) is 0. The fourth-order valence-electron chi connectivity index (χ4n) is 10.2. The Morgan fingerprint density at radius 2 is 1.66 bits per heavy atom. The molecule has 0 bridgehead atoms. The standard InChI is InChI=1S/C32H44O6/c1-18-24(35)25(36)28(4,17-33)21-9-10-29(5)22(31(18,21)7)15-20(34)23-19-16-27(2,3)11-13-32(19,26(37)38-8)14-12-30(23,29)6/h15,19,21,23,33H,1,9-14,16-17H2,2-8H3/t19-,21-,23-,28+,29+,30+,31-,32-/m0/s1. The molecule has 0 aromatic rings. The Bertz CT molecular complexity index is 1190. The number of methoxy groups -OCH3 is 1. The molecule has 38 heavy (non-hydrogen) atoms. The van der Waals surface area contributed by atoms with Crippen LogP contribution in [0.25, 0.3) is 0 Å². The Kier molecular flexibility index (Phi) is 5.78. The van der Waals surface area contributed by atoms with Crippen molar-refractivity contribution in [2.75, 3.05) is 13.7 Å². The molecule has 6 nitrogen and oxygen atoms in total. The van der Waals surface area contributed by atoms with Gasteiger partial charge in [-0.05, 0) is 91.6 Å². The molecule has 6 heteroatoms. The summed E-state index contributed by atoms with van der Waals surface area (Å²) >= 11 is 0. The minimum Gasteiger partial charge on any atom is -0.469 e. The zero-order valence-corrected chi connectivity index (χ0v) is 24.2. The van der Waals surface area contributed by atoms with Crippen molar-refractivity contribution in [3.8, 4) is 0 Å². The van der Waals surface area contributed by atoms with Gasteiger partial charge in [-0.15, -0.1) is 0 Å². The molecule has 0 heterocycles. The molecule has 5 aliphatic rings. The van der Waals surface area contributed by atoms with Crippen molar-refractivity contribution in [3.63, 3.8) is 0 Å². The summed E-state index contributed by atoms with van der Waals surface area (Å²) in [5.41, 5.74) is -2.49. The fourth-order valence-corrected chi connectivity index (χ4v) is 10.2. The maximum absolute atomic E-state index is 14.4. The van der Waals surface area contributed by atoms with Crippen molar-refractivity contribution in [2.24, 2.45) is 50.2 Å². The number of hydrogen-bond acceptors (Lipinski definition) is 6. The normalized spacial score (nSPS) is 47.8. The number of Topliss-reactive ketones (excluding diaryl/α,β-unsaturated/α-hetero) is 2. The largest absolute Gasteiger partial charge is 0.469 e. The average molecular weight is 525 g/mol. The van der Waals surface area contributed by atoms with Crippen molar-refractivity contribution in [3.05, 3.63) is 23.8 Å². The summed E-state index contributed by atoms with van der Waals surface area (Å²) in [7, 11) is 1.46. The number of aliphatic hydroxyl groups excluding tert-OH is 1. The molecule has 0 radical (unpaired) electrons. The number of fused-ring (bicyclic) bond motifs is 7. The third-order valence-electron chi connectivity index (χ3n) is 12.9. The van der Waals surface area contributed by atoms with E-state index in [0.29, 0.717) is 19.3 Å². The molecule has 0 aromatic heterocycles. The molecule has 8 atom stereocenters. The van der Waals surface area contributed by atoms with Gasteiger partial charge in [0.2, 0.25) is 11.6 Å². The molecule has 5 rings (SSSR count). The fraction of sp³-hybridized carbons (Fsp3) is 0.750. The Morgan fingerprint density at radius 3 is 2.26 bits per heavy atom. The third-order valence-corrected chi connectivity index (χ3v) is 12.9. The SMILES string of the molecule is C=C1C(=O)C(=O)[C@](C)(CO)[C@@H]2CC[C@]3(C)C(=CC(=O)[C@@H]4[C@@H]5CC(C)(C)CC[C@]5(C(=O)OC)CC[C@]43C)[C@@]12C. The number of aliphatic hydroxyl groups is 1. The van der Waals surface area contributed by atoms with E-state index in [0.717, 1.165) is 31.3 Å². The smallest absolute Gasteiger partial charge is 0.312 e. The second kappa shape index (κ2) is 7.99. The van der Waals surface area contributed by atoms with Gasteiger partial charge in [-0.1, -0.05) is 41.2 Å². The molecule has 1 N–H and O–H groups in total. The van der Waals surface area contributed by atoms with Gasteiger partial charge in [0.25, 0.3) is 0 Å². The molecule has 0 aliphatic heterocycles. The second-order valence-corrected chi connectivity index (χ2v) is 14.8. The number of hydrogen-bond donors (Lipinski definition) is 1. The van der Waals surface area contributed by atoms with Crippen LogP contribution in [-0.4, -0.2) is 42.1 Å². The lowest BCUT2D eigenvalue weighted by Gasteiger charge is -2.69. The van der Waals surface area contributed by atoms with Gasteiger partial charge < -0.3 is 9.84 Å². The number of ether oxygens (including phenoxy) is 1. The van der Waals surface area contributed by atoms with Crippen LogP contribution in [0.3, 0.4) is 0 Å². The van der Waals surface area contributed by atoms with Crippen molar-refractivity contribution >= 4 is 23.3 Å². The van der Waals surface area contributed by atoms with Gasteiger partial charge in [-0.25, -0.2) is 0 Å². The number of rotatable bonds is 2. The lowest BCUT2D eigenvalue weighted by atomic mass is 9.33. The van der Waals surface area contributed by atoms with E-state index in [2.05, 4.69) is 34.3 Å². The number of carbonyl (C=O) groups is 4. The van der Waals surface area contributed by atoms with E-state index in [4.69, 9.17) is 4.74 Å². The zero-order valence-electron chi connectivity index (χ0n) is 24.2. The summed E-state index contributed by atoms with van der Waals surface area (Å²) in [5, 5.41) is 10.4. The average Bonchev–Trinajstić information content (AvgIpc) is 2.87. The highest BCUT2D eigenvalue weighted by Gasteiger charge is 2.72. The molecule has 4 fully saturated rings. The van der Waals surface area contributed by atoms with E-state index < -0.39 is 45.2 Å². The van der Waals surface area contributed by atoms with Gasteiger partial charge in [0, 0.05) is 16.9 Å². The molecule has 208 valence electrons. The van der Waals surface area contributed by atoms with Gasteiger partial charge in [0.05, 0.1) is 24.5 Å². The van der Waals surface area contributed by atoms with Gasteiger partial charge in [-0.2, -0.15) is 0 Å². The summed E-state index contributed by atoms with van der Waals surface area (Å²) in [6.45, 7) is 16.3. The molecule has 0 amide bonds. The molecular formula is C32H44O6. The Morgan fingerprint density at radius 1 is 1.03 bits per heavy atom. The monoisotopic (exact) mass is 524 g/mol. The number of esters is 1. The van der Waals surface area contributed by atoms with Crippen molar-refractivity contribution in [2.45, 2.75) is 86.5 Å². The van der Waals surface area contributed by atoms with Gasteiger partial charge in [-0.3, -0.25) is 19.2 Å². The first kappa shape index (κ1) is 27.5. The van der Waals surface area contributed by atoms with E-state index in [1.807, 2.05) is 6.92 Å². The Hall–Kier alpha value is -2.08. The van der Waals surface area contributed by atoms with E-state index in [-0.39, 0.29) is 40.5 Å². The molecule has 5 aliphatic carbocycles. The van der Waals surface area contributed by atoms with Crippen LogP contribution in [0.1, 0.15) is 86.5 Å². The predicted molar refractivity (Wildman–Crippen MR) is 143 cm³/mol. The number of carbonyl (C=O) groups excluding carboxylic acids is 4. The highest BCUT2D eigenvalue weighted by atomic mass is 16.5. The quantitative estimate of drug-likeness (QED) is 0.309. The lowest BCUT2D eigenvalue weighted by molar-refractivity contribution is -0.192. The first-order chi connectivity index (χ1) is 17.5. The maximum atomic E-state index is 14.4. The van der Waals surface area contributed by atoms with E-state index in [1.165, 1.54) is 7.11 Å². The predicted octanol–water partition coefficient (Wildman–Crippen LogP) is 5.03. The zero-order chi connectivity index (χ0) is 28.3. The van der Waals surface area contributed by atoms with Crippen LogP contribution in [0.5, 0.6) is 0 Å². The first-order valence-electron chi connectivity index (χ1n) is 14.2. The summed E-state index contributed by atoms with van der Waals surface area (Å²) in [6.07, 6.45) is 6.97. The van der Waals surface area contributed by atoms with E-state index in [9.17, 15) is 24.3 Å². The second-order valence-electron chi connectivity index (χ2n) is 14.8. The van der Waals surface area contributed by atoms with Gasteiger partial charge >= 0.3 is 5.97 Å². The van der Waals surface area contributed by atoms with Crippen LogP contribution in [0, 0.1) is 50.2 Å². The van der Waals surface area contributed by atoms with Crippen LogP contribution in [-0.2, 0) is 23.9 Å². The highest BCUT2D eigenvalue weighted by molar-refractivity contribution is 6.46. The van der Waals surface area contributed by atoms with Crippen molar-refractivity contribution in [1.29, 1.82) is 0 Å². The molecule has 0 spiro atoms. The van der Waals surface area contributed by atoms with Crippen molar-refractivity contribution < 1.29 is 29.0 Å². The molecule has 4 saturated carbocycles. The molecular weight excluding hydrogens is 480 g/mol. The van der Waals surface area contributed by atoms with Crippen LogP contribution in [0.4, 0.5) is 0 Å². The van der Waals surface area contributed by atoms with Crippen molar-refractivity contribution in [1.82, 2.24) is 0 Å². The summed E-state index contributed by atoms with van der Waals surface area (Å²) in [4.78, 5) is 54.2. The lowest BCUT2D eigenvalue weighted by Crippen LogP contribution is -2.67. The third kappa shape index (κ3) is 2.99. The number of allylic oxidation sites excluding steroid dienone is 3. The number of ketones is 3. The molecule has 0 unspecified atom stereocenters. The maximum Gasteiger partial charge on any atom is 0.312 e. The first-order valence-corrected chi connectivity index (χ1v) is 14.2. The van der Waals surface area contributed by atoms with Gasteiger partial charge in [0.1, 0.15) is 0 Å². The minimum atomic E-state index is -1.21. The minimum absolute atomic E-state index is 0.0142. The van der Waals surface area contributed by atoms with E-state index >= 15 is 0 Å². The Balaban J connectivity index is 1.70. The van der Waals surface area contributed by atoms with Crippen LogP contribution in [0.2, 0.25) is 0 Å². The van der Waals surface area contributed by atoms with Gasteiger partial charge in [0.15, 0.2) is 5.78 Å². The molecule has 0 saturated heterocycles. The molecule has 0 aromatic carbocycles.